The van der Waals surface area contributed by atoms with Crippen molar-refractivity contribution in [2.24, 2.45) is 0 Å². The molecule has 0 saturated carbocycles. The maximum atomic E-state index is 14.1. The third kappa shape index (κ3) is 17.1. The van der Waals surface area contributed by atoms with Crippen molar-refractivity contribution >= 4 is 0 Å². The third-order valence-corrected chi connectivity index (χ3v) is 25.5. The lowest BCUT2D eigenvalue weighted by Gasteiger charge is -2.21. The van der Waals surface area contributed by atoms with Gasteiger partial charge in [-0.25, -0.2) is 27.5 Å². The van der Waals surface area contributed by atoms with Crippen LogP contribution in [-0.4, -0.2) is 29.9 Å². The van der Waals surface area contributed by atoms with Gasteiger partial charge in [0.15, 0.2) is 5.82 Å². The molecular formula is C124H84F4N6. The summed E-state index contributed by atoms with van der Waals surface area (Å²) in [6.45, 7) is 8.28. The molecule has 134 heavy (non-hydrogen) atoms. The fraction of sp³-hybridized carbons (Fsp3) is 0.0323. The van der Waals surface area contributed by atoms with Gasteiger partial charge in [0.25, 0.3) is 0 Å². The summed E-state index contributed by atoms with van der Waals surface area (Å²) in [7, 11) is 0. The highest BCUT2D eigenvalue weighted by Gasteiger charge is 2.24. The number of rotatable bonds is 20. The molecule has 0 aliphatic rings. The molecule has 6 nitrogen and oxygen atoms in total. The standard InChI is InChI=1S/C124H84F4N6/c1-77-63-119(131-73-115(77)85-45-53-101(125)54-46-85)89-33-25-81(26-34-89)105-15-5-9-19-109(105)95-67-96(110-20-10-6-16-106(110)82-27-35-90(36-28-82)120-64-78(2)116(74-132-120)86-47-55-102(126)56-48-86)70-99(69-95)113-23-13-24-114(123(113)93-41-43-94(44-42-93)124-129-61-14-62-130-124)100-71-97(111-21-11-7-17-107(111)83-29-37-91(38-30-83)121-65-79(3)117(75-133-121)87-49-57-103(127)58-50-87)68-98(72-100)112-22-12-8-18-108(112)84-31-39-92(40-32-84)122-66-80(4)118(76-134-122)88-51-59-104(128)60-52-88/h5-76H,1-4H3. The van der Waals surface area contributed by atoms with Gasteiger partial charge in [0.05, 0.1) is 22.8 Å². The van der Waals surface area contributed by atoms with Gasteiger partial charge in [-0.1, -0.05) is 285 Å². The van der Waals surface area contributed by atoms with Gasteiger partial charge in [-0.3, -0.25) is 19.9 Å². The molecule has 21 rings (SSSR count). The monoisotopic (exact) mass is 1730 g/mol. The zero-order chi connectivity index (χ0) is 90.9. The molecule has 0 saturated heterocycles. The predicted octanol–water partition coefficient (Wildman–Crippen LogP) is 33.2. The molecule has 5 heterocycles. The number of nitrogens with zero attached hydrogens (tertiary/aromatic N) is 6. The van der Waals surface area contributed by atoms with Gasteiger partial charge in [-0.05, 0) is 310 Å². The Hall–Kier alpha value is -17.1. The molecule has 0 spiro atoms. The number of benzene rings is 16. The van der Waals surface area contributed by atoms with Crippen LogP contribution in [-0.2, 0) is 0 Å². The summed E-state index contributed by atoms with van der Waals surface area (Å²) in [6.07, 6.45) is 11.1. The summed E-state index contributed by atoms with van der Waals surface area (Å²) < 4.78 is 56.5. The first-order valence-electron chi connectivity index (χ1n) is 44.7. The summed E-state index contributed by atoms with van der Waals surface area (Å²) in [5.74, 6) is -0.515. The summed E-state index contributed by atoms with van der Waals surface area (Å²) in [5.41, 5.74) is 42.0. The smallest absolute Gasteiger partial charge is 0.159 e. The minimum atomic E-state index is -0.283. The van der Waals surface area contributed by atoms with Crippen LogP contribution >= 0.6 is 0 Å². The average molecular weight is 1730 g/mol. The predicted molar refractivity (Wildman–Crippen MR) is 541 cm³/mol. The van der Waals surface area contributed by atoms with E-state index < -0.39 is 0 Å². The molecule has 0 N–H and O–H groups in total. The van der Waals surface area contributed by atoms with Gasteiger partial charge in [-0.15, -0.1) is 0 Å². The van der Waals surface area contributed by atoms with Crippen LogP contribution in [0.3, 0.4) is 0 Å². The number of aromatic nitrogens is 6. The van der Waals surface area contributed by atoms with E-state index in [1.807, 2.05) is 30.9 Å². The Morgan fingerprint density at radius 3 is 0.575 bits per heavy atom. The molecule has 0 bridgehead atoms. The van der Waals surface area contributed by atoms with Crippen molar-refractivity contribution in [1.82, 2.24) is 29.9 Å². The SMILES string of the molecule is Cc1cc(-c2ccc(-c3ccccc3-c3cc(-c4ccccc4-c4ccc(-c5cc(C)c(-c6ccc(F)cc6)cn5)cc4)cc(-c4cccc(-c5cc(-c6ccccc6-c6ccc(-c7cc(C)c(-c8ccc(F)cc8)cn7)cc6)cc(-c6ccccc6-c6ccc(-c7cc(C)c(-c8ccc(F)cc8)cn7)cc6)c5)c4-c4ccc(-c5ncccn5)cc4)c3)cc2)ncc1-c1ccc(F)cc1. The Morgan fingerprint density at radius 2 is 0.336 bits per heavy atom. The molecule has 0 unspecified atom stereocenters. The molecule has 5 aromatic heterocycles. The maximum Gasteiger partial charge on any atom is 0.159 e. The second-order valence-corrected chi connectivity index (χ2v) is 34.0. The summed E-state index contributed by atoms with van der Waals surface area (Å²) >= 11 is 0. The van der Waals surface area contributed by atoms with Crippen molar-refractivity contribution in [3.63, 3.8) is 0 Å². The first-order valence-corrected chi connectivity index (χ1v) is 44.7. The van der Waals surface area contributed by atoms with Gasteiger partial charge < -0.3 is 0 Å². The van der Waals surface area contributed by atoms with E-state index in [0.29, 0.717) is 5.82 Å². The van der Waals surface area contributed by atoms with Crippen molar-refractivity contribution in [2.45, 2.75) is 27.7 Å². The van der Waals surface area contributed by atoms with Crippen LogP contribution < -0.4 is 0 Å². The molecule has 0 aliphatic heterocycles. The van der Waals surface area contributed by atoms with Crippen molar-refractivity contribution in [1.29, 1.82) is 0 Å². The third-order valence-electron chi connectivity index (χ3n) is 25.5. The Kier molecular flexibility index (Phi) is 22.8. The number of halogens is 4. The summed E-state index contributed by atoms with van der Waals surface area (Å²) in [4.78, 5) is 29.4. The second-order valence-electron chi connectivity index (χ2n) is 34.0. The largest absolute Gasteiger partial charge is 0.256 e. The van der Waals surface area contributed by atoms with Gasteiger partial charge in [0, 0.05) is 87.3 Å². The van der Waals surface area contributed by atoms with E-state index >= 15 is 0 Å². The molecule has 16 aromatic carbocycles. The van der Waals surface area contributed by atoms with Crippen molar-refractivity contribution in [3.05, 3.63) is 483 Å². The lowest BCUT2D eigenvalue weighted by molar-refractivity contribution is 0.627. The van der Waals surface area contributed by atoms with E-state index in [0.717, 1.165) is 240 Å². The second kappa shape index (κ2) is 36.5. The number of hydrogen-bond acceptors (Lipinski definition) is 6. The van der Waals surface area contributed by atoms with Crippen molar-refractivity contribution < 1.29 is 17.6 Å². The number of pyridine rings is 4. The van der Waals surface area contributed by atoms with Crippen LogP contribution in [0.25, 0.3) is 223 Å². The van der Waals surface area contributed by atoms with Crippen molar-refractivity contribution in [3.8, 4) is 223 Å². The zero-order valence-electron chi connectivity index (χ0n) is 73.8. The van der Waals surface area contributed by atoms with Crippen LogP contribution in [0.1, 0.15) is 22.3 Å². The first-order chi connectivity index (χ1) is 65.6. The van der Waals surface area contributed by atoms with Crippen LogP contribution in [0.15, 0.2) is 438 Å². The zero-order valence-corrected chi connectivity index (χ0v) is 73.8. The quantitative estimate of drug-likeness (QED) is 0.0708. The van der Waals surface area contributed by atoms with E-state index in [1.165, 1.54) is 48.5 Å². The topological polar surface area (TPSA) is 77.3 Å². The highest BCUT2D eigenvalue weighted by atomic mass is 19.1. The van der Waals surface area contributed by atoms with E-state index in [1.54, 1.807) is 60.9 Å². The van der Waals surface area contributed by atoms with E-state index in [4.69, 9.17) is 29.9 Å². The Balaban J connectivity index is 0.736. The van der Waals surface area contributed by atoms with Crippen LogP contribution in [0.4, 0.5) is 17.6 Å². The van der Waals surface area contributed by atoms with Crippen molar-refractivity contribution in [2.75, 3.05) is 0 Å². The highest BCUT2D eigenvalue weighted by Crippen LogP contribution is 2.50. The van der Waals surface area contributed by atoms with Gasteiger partial charge in [0.2, 0.25) is 0 Å². The molecule has 638 valence electrons. The highest BCUT2D eigenvalue weighted by molar-refractivity contribution is 6.02. The van der Waals surface area contributed by atoms with Crippen LogP contribution in [0, 0.1) is 51.0 Å². The molecule has 21 aromatic rings. The molecule has 0 fully saturated rings. The Bertz CT molecular complexity index is 7150. The normalized spacial score (nSPS) is 11.3. The lowest BCUT2D eigenvalue weighted by atomic mass is 9.82. The van der Waals surface area contributed by atoms with Gasteiger partial charge >= 0.3 is 0 Å². The molecule has 10 heteroatoms. The molecular weight excluding hydrogens is 1650 g/mol. The van der Waals surface area contributed by atoms with E-state index in [9.17, 15) is 17.6 Å². The minimum absolute atomic E-state index is 0.283. The summed E-state index contributed by atoms with van der Waals surface area (Å²) in [6, 6.07) is 135. The maximum absolute atomic E-state index is 14.1. The molecule has 0 atom stereocenters. The molecule has 0 aliphatic carbocycles. The number of hydrogen-bond donors (Lipinski definition) is 0. The Labute approximate surface area is 776 Å². The molecule has 0 radical (unpaired) electrons. The van der Waals surface area contributed by atoms with E-state index in [-0.39, 0.29) is 23.3 Å². The fourth-order valence-corrected chi connectivity index (χ4v) is 18.6. The van der Waals surface area contributed by atoms with E-state index in [2.05, 4.69) is 325 Å². The lowest BCUT2D eigenvalue weighted by Crippen LogP contribution is -1.95. The van der Waals surface area contributed by atoms with Crippen LogP contribution in [0.5, 0.6) is 0 Å². The van der Waals surface area contributed by atoms with Gasteiger partial charge in [-0.2, -0.15) is 0 Å². The Morgan fingerprint density at radius 1 is 0.149 bits per heavy atom. The molecule has 0 amide bonds. The van der Waals surface area contributed by atoms with Crippen LogP contribution in [0.2, 0.25) is 0 Å². The average Bonchev–Trinajstić information content (AvgIpc) is 0.752. The number of aryl methyl sites for hydroxylation is 4. The first kappa shape index (κ1) is 83.8. The fourth-order valence-electron chi connectivity index (χ4n) is 18.6. The minimum Gasteiger partial charge on any atom is -0.256 e. The summed E-state index contributed by atoms with van der Waals surface area (Å²) in [5, 5.41) is 0. The van der Waals surface area contributed by atoms with Gasteiger partial charge in [0.1, 0.15) is 23.3 Å².